The third kappa shape index (κ3) is 3.77. The van der Waals surface area contributed by atoms with E-state index < -0.39 is 0 Å². The fourth-order valence-corrected chi connectivity index (χ4v) is 3.94. The van der Waals surface area contributed by atoms with Gasteiger partial charge in [0.05, 0.1) is 30.9 Å². The van der Waals surface area contributed by atoms with Gasteiger partial charge in [-0.25, -0.2) is 9.37 Å². The Morgan fingerprint density at radius 1 is 1.16 bits per heavy atom. The van der Waals surface area contributed by atoms with Crippen molar-refractivity contribution in [3.63, 3.8) is 0 Å². The van der Waals surface area contributed by atoms with Crippen LogP contribution in [0, 0.1) is 5.82 Å². The van der Waals surface area contributed by atoms with Crippen LogP contribution >= 0.6 is 11.8 Å². The summed E-state index contributed by atoms with van der Waals surface area (Å²) >= 11 is 1.64. The Kier molecular flexibility index (Phi) is 5.86. The smallest absolute Gasteiger partial charge is 0.211 e. The molecule has 134 valence electrons. The molecule has 0 bridgehead atoms. The number of thioether (sulfide) groups is 1. The molecule has 0 radical (unpaired) electrons. The summed E-state index contributed by atoms with van der Waals surface area (Å²) in [4.78, 5) is 6.30. The maximum absolute atomic E-state index is 13.7. The van der Waals surface area contributed by atoms with Gasteiger partial charge >= 0.3 is 0 Å². The number of hydrogen-bond donors (Lipinski definition) is 1. The van der Waals surface area contributed by atoms with Crippen LogP contribution in [-0.4, -0.2) is 45.1 Å². The fraction of sp³-hybridized carbons (Fsp3) is 0.500. The second-order valence-corrected chi connectivity index (χ2v) is 7.20. The molecule has 0 spiro atoms. The number of quaternary nitrogens is 1. The van der Waals surface area contributed by atoms with Gasteiger partial charge in [-0.1, -0.05) is 18.7 Å². The van der Waals surface area contributed by atoms with Crippen molar-refractivity contribution in [2.75, 3.05) is 25.4 Å². The number of rotatable bonds is 8. The van der Waals surface area contributed by atoms with Crippen molar-refractivity contribution in [1.29, 1.82) is 0 Å². The van der Waals surface area contributed by atoms with Gasteiger partial charge in [-0.15, -0.1) is 10.2 Å². The summed E-state index contributed by atoms with van der Waals surface area (Å²) in [5.41, 5.74) is 2.45. The molecule has 1 N–H and O–H groups in total. The molecule has 25 heavy (non-hydrogen) atoms. The molecule has 0 aliphatic rings. The highest BCUT2D eigenvalue weighted by Crippen LogP contribution is 2.28. The summed E-state index contributed by atoms with van der Waals surface area (Å²) in [7, 11) is 0. The monoisotopic (exact) mass is 362 g/mol. The van der Waals surface area contributed by atoms with Crippen molar-refractivity contribution >= 4 is 33.8 Å². The van der Waals surface area contributed by atoms with Gasteiger partial charge in [-0.05, 0) is 38.5 Å². The van der Waals surface area contributed by atoms with Gasteiger partial charge in [0.25, 0.3) is 0 Å². The van der Waals surface area contributed by atoms with E-state index in [9.17, 15) is 4.39 Å². The minimum Gasteiger partial charge on any atom is -0.335 e. The standard InChI is InChI=1S/C18H24FN5S/c1-4-9-24-15-8-7-13(19)12-14(15)16-17(24)20-18(22-21-16)25-11-10-23(5-2)6-3/h7-8,12H,4-6,9-11H2,1-3H3/p+1. The lowest BCUT2D eigenvalue weighted by Crippen LogP contribution is -3.11. The first-order chi connectivity index (χ1) is 12.2. The molecule has 2 aromatic heterocycles. The van der Waals surface area contributed by atoms with Crippen molar-refractivity contribution in [3.05, 3.63) is 24.0 Å². The van der Waals surface area contributed by atoms with Crippen molar-refractivity contribution in [2.45, 2.75) is 38.9 Å². The fourth-order valence-electron chi connectivity index (χ4n) is 3.11. The summed E-state index contributed by atoms with van der Waals surface area (Å²) in [6, 6.07) is 4.82. The lowest BCUT2D eigenvalue weighted by atomic mass is 10.2. The summed E-state index contributed by atoms with van der Waals surface area (Å²) in [5, 5.41) is 10.1. The maximum Gasteiger partial charge on any atom is 0.211 e. The van der Waals surface area contributed by atoms with E-state index in [1.807, 2.05) is 0 Å². The van der Waals surface area contributed by atoms with Crippen molar-refractivity contribution in [1.82, 2.24) is 19.7 Å². The second kappa shape index (κ2) is 8.10. The van der Waals surface area contributed by atoms with Gasteiger partial charge in [0, 0.05) is 11.9 Å². The van der Waals surface area contributed by atoms with Crippen LogP contribution in [0.15, 0.2) is 23.4 Å². The lowest BCUT2D eigenvalue weighted by Gasteiger charge is -2.14. The van der Waals surface area contributed by atoms with Gasteiger partial charge < -0.3 is 9.47 Å². The van der Waals surface area contributed by atoms with E-state index in [1.54, 1.807) is 22.7 Å². The number of fused-ring (bicyclic) bond motifs is 3. The molecule has 0 amide bonds. The largest absolute Gasteiger partial charge is 0.335 e. The van der Waals surface area contributed by atoms with Crippen LogP contribution in [0.1, 0.15) is 27.2 Å². The van der Waals surface area contributed by atoms with Crippen LogP contribution in [0.25, 0.3) is 22.1 Å². The predicted molar refractivity (Wildman–Crippen MR) is 101 cm³/mol. The van der Waals surface area contributed by atoms with Crippen LogP contribution in [0.2, 0.25) is 0 Å². The summed E-state index contributed by atoms with van der Waals surface area (Å²) in [6.45, 7) is 10.7. The van der Waals surface area contributed by atoms with Crippen LogP contribution < -0.4 is 4.90 Å². The average molecular weight is 362 g/mol. The van der Waals surface area contributed by atoms with E-state index in [0.717, 1.165) is 54.9 Å². The molecule has 0 fully saturated rings. The topological polar surface area (TPSA) is 48.0 Å². The molecule has 3 aromatic rings. The average Bonchev–Trinajstić information content (AvgIpc) is 2.92. The molecule has 0 aliphatic carbocycles. The van der Waals surface area contributed by atoms with Crippen LogP contribution in [0.3, 0.4) is 0 Å². The Labute approximate surface area is 151 Å². The normalized spacial score (nSPS) is 11.9. The lowest BCUT2D eigenvalue weighted by molar-refractivity contribution is -0.893. The molecule has 0 saturated carbocycles. The molecule has 0 unspecified atom stereocenters. The van der Waals surface area contributed by atoms with Gasteiger partial charge in [0.15, 0.2) is 5.65 Å². The van der Waals surface area contributed by atoms with E-state index in [0.29, 0.717) is 10.7 Å². The first-order valence-electron chi connectivity index (χ1n) is 8.96. The molecule has 2 heterocycles. The predicted octanol–water partition coefficient (Wildman–Crippen LogP) is 2.55. The quantitative estimate of drug-likeness (QED) is 0.626. The van der Waals surface area contributed by atoms with Crippen LogP contribution in [-0.2, 0) is 6.54 Å². The third-order valence-corrected chi connectivity index (χ3v) is 5.38. The highest BCUT2D eigenvalue weighted by atomic mass is 32.2. The Balaban J connectivity index is 1.93. The van der Waals surface area contributed by atoms with E-state index in [-0.39, 0.29) is 5.82 Å². The number of hydrogen-bond acceptors (Lipinski definition) is 4. The van der Waals surface area contributed by atoms with E-state index in [4.69, 9.17) is 4.98 Å². The molecule has 1 aromatic carbocycles. The first-order valence-corrected chi connectivity index (χ1v) is 9.95. The minimum absolute atomic E-state index is 0.259. The Bertz CT molecular complexity index is 859. The van der Waals surface area contributed by atoms with Crippen molar-refractivity contribution in [3.8, 4) is 0 Å². The molecule has 0 atom stereocenters. The van der Waals surface area contributed by atoms with Gasteiger partial charge in [0.1, 0.15) is 11.3 Å². The Morgan fingerprint density at radius 2 is 1.96 bits per heavy atom. The molecule has 7 heteroatoms. The van der Waals surface area contributed by atoms with Gasteiger partial charge in [-0.2, -0.15) is 0 Å². The first kappa shape index (κ1) is 18.1. The molecular weight excluding hydrogens is 337 g/mol. The van der Waals surface area contributed by atoms with Crippen molar-refractivity contribution < 1.29 is 9.29 Å². The van der Waals surface area contributed by atoms with Crippen molar-refractivity contribution in [2.24, 2.45) is 0 Å². The zero-order chi connectivity index (χ0) is 17.8. The zero-order valence-electron chi connectivity index (χ0n) is 15.0. The molecule has 5 nitrogen and oxygen atoms in total. The highest BCUT2D eigenvalue weighted by Gasteiger charge is 2.15. The maximum atomic E-state index is 13.7. The molecular formula is C18H25FN5S+. The zero-order valence-corrected chi connectivity index (χ0v) is 15.9. The number of aryl methyl sites for hydroxylation is 1. The number of nitrogens with zero attached hydrogens (tertiary/aromatic N) is 4. The summed E-state index contributed by atoms with van der Waals surface area (Å²) < 4.78 is 15.8. The Morgan fingerprint density at radius 3 is 2.68 bits per heavy atom. The number of aromatic nitrogens is 4. The second-order valence-electron chi connectivity index (χ2n) is 6.14. The number of halogens is 1. The summed E-state index contributed by atoms with van der Waals surface area (Å²) in [6.07, 6.45) is 0.980. The number of benzene rings is 1. The van der Waals surface area contributed by atoms with Crippen LogP contribution in [0.4, 0.5) is 4.39 Å². The Hall–Kier alpha value is -1.73. The van der Waals surface area contributed by atoms with Crippen LogP contribution in [0.5, 0.6) is 0 Å². The molecule has 0 saturated heterocycles. The van der Waals surface area contributed by atoms with Gasteiger partial charge in [0.2, 0.25) is 5.16 Å². The van der Waals surface area contributed by atoms with E-state index >= 15 is 0 Å². The molecule has 0 aliphatic heterocycles. The minimum atomic E-state index is -0.259. The third-order valence-electron chi connectivity index (χ3n) is 4.54. The SMILES string of the molecule is CCCn1c2ccc(F)cc2c2nnc(SCC[NH+](CC)CC)nc21. The van der Waals surface area contributed by atoms with E-state index in [2.05, 4.69) is 35.5 Å². The van der Waals surface area contributed by atoms with E-state index in [1.165, 1.54) is 12.1 Å². The molecule has 3 rings (SSSR count). The number of nitrogens with one attached hydrogen (secondary N) is 1. The highest BCUT2D eigenvalue weighted by molar-refractivity contribution is 7.99. The summed E-state index contributed by atoms with van der Waals surface area (Å²) in [5.74, 6) is 0.706. The van der Waals surface area contributed by atoms with Gasteiger partial charge in [-0.3, -0.25) is 0 Å².